The molecule has 7 nitrogen and oxygen atoms in total. The predicted molar refractivity (Wildman–Crippen MR) is 79.0 cm³/mol. The average molecular weight is 305 g/mol. The lowest BCUT2D eigenvalue weighted by Gasteiger charge is -2.22. The van der Waals surface area contributed by atoms with E-state index in [0.717, 1.165) is 0 Å². The molecule has 0 atom stereocenters. The van der Waals surface area contributed by atoms with E-state index in [1.165, 1.54) is 14.2 Å². The van der Waals surface area contributed by atoms with Crippen molar-refractivity contribution < 1.29 is 18.9 Å². The molecule has 0 aliphatic heterocycles. The fourth-order valence-electron chi connectivity index (χ4n) is 2.12. The molecule has 0 saturated carbocycles. The van der Waals surface area contributed by atoms with Crippen LogP contribution in [0.25, 0.3) is 0 Å². The van der Waals surface area contributed by atoms with E-state index >= 15 is 0 Å². The Morgan fingerprint density at radius 3 is 2.32 bits per heavy atom. The highest BCUT2D eigenvalue weighted by molar-refractivity contribution is 5.99. The second-order valence-corrected chi connectivity index (χ2v) is 4.65. The van der Waals surface area contributed by atoms with Gasteiger partial charge in [0.1, 0.15) is 28.5 Å². The number of ether oxygens (including phenoxy) is 2. The second-order valence-electron chi connectivity index (χ2n) is 4.65. The summed E-state index contributed by atoms with van der Waals surface area (Å²) in [5.41, 5.74) is 1.69. The SMILES string of the molecule is CCN(Cc1nonc1C)C(=O)c1c(OC)cccc1OC. The molecule has 0 aliphatic carbocycles. The van der Waals surface area contributed by atoms with Gasteiger partial charge in [-0.25, -0.2) is 4.63 Å². The molecule has 22 heavy (non-hydrogen) atoms. The van der Waals surface area contributed by atoms with Crippen molar-refractivity contribution in [2.45, 2.75) is 20.4 Å². The van der Waals surface area contributed by atoms with Crippen molar-refractivity contribution in [1.82, 2.24) is 15.2 Å². The first-order valence-electron chi connectivity index (χ1n) is 6.90. The van der Waals surface area contributed by atoms with Gasteiger partial charge in [-0.2, -0.15) is 0 Å². The van der Waals surface area contributed by atoms with Gasteiger partial charge >= 0.3 is 0 Å². The number of hydrogen-bond acceptors (Lipinski definition) is 6. The van der Waals surface area contributed by atoms with Crippen LogP contribution in [-0.4, -0.2) is 41.9 Å². The van der Waals surface area contributed by atoms with Crippen LogP contribution in [0.1, 0.15) is 28.7 Å². The van der Waals surface area contributed by atoms with Crippen LogP contribution in [0, 0.1) is 6.92 Å². The Balaban J connectivity index is 2.34. The van der Waals surface area contributed by atoms with Crippen LogP contribution in [0.5, 0.6) is 11.5 Å². The molecular weight excluding hydrogens is 286 g/mol. The van der Waals surface area contributed by atoms with E-state index in [1.54, 1.807) is 30.0 Å². The van der Waals surface area contributed by atoms with Gasteiger partial charge in [-0.1, -0.05) is 16.4 Å². The summed E-state index contributed by atoms with van der Waals surface area (Å²) in [7, 11) is 3.04. The lowest BCUT2D eigenvalue weighted by molar-refractivity contribution is 0.0741. The third-order valence-corrected chi connectivity index (χ3v) is 3.40. The Kier molecular flexibility index (Phi) is 4.98. The number of nitrogens with zero attached hydrogens (tertiary/aromatic N) is 3. The standard InChI is InChI=1S/C15H19N3O4/c1-5-18(9-11-10(2)16-22-17-11)15(19)14-12(20-3)7-6-8-13(14)21-4/h6-8H,5,9H2,1-4H3. The van der Waals surface area contributed by atoms with Gasteiger partial charge in [0.15, 0.2) is 0 Å². The molecule has 2 aromatic rings. The molecule has 0 saturated heterocycles. The van der Waals surface area contributed by atoms with Crippen LogP contribution in [0.3, 0.4) is 0 Å². The van der Waals surface area contributed by atoms with Crippen molar-refractivity contribution in [2.24, 2.45) is 0 Å². The predicted octanol–water partition coefficient (Wildman–Crippen LogP) is 2.06. The maximum atomic E-state index is 12.9. The third kappa shape index (κ3) is 3.03. The minimum Gasteiger partial charge on any atom is -0.496 e. The summed E-state index contributed by atoms with van der Waals surface area (Å²) in [6.07, 6.45) is 0. The second kappa shape index (κ2) is 6.93. The molecule has 0 aliphatic rings. The highest BCUT2D eigenvalue weighted by Crippen LogP contribution is 2.30. The zero-order valence-electron chi connectivity index (χ0n) is 13.1. The van der Waals surface area contributed by atoms with Crippen molar-refractivity contribution in [3.8, 4) is 11.5 Å². The minimum absolute atomic E-state index is 0.195. The minimum atomic E-state index is -0.195. The van der Waals surface area contributed by atoms with E-state index in [0.29, 0.717) is 41.5 Å². The Morgan fingerprint density at radius 1 is 1.23 bits per heavy atom. The highest BCUT2D eigenvalue weighted by Gasteiger charge is 2.24. The molecule has 2 rings (SSSR count). The molecule has 0 spiro atoms. The number of rotatable bonds is 6. The van der Waals surface area contributed by atoms with Crippen molar-refractivity contribution in [2.75, 3.05) is 20.8 Å². The molecule has 1 amide bonds. The van der Waals surface area contributed by atoms with E-state index < -0.39 is 0 Å². The first-order chi connectivity index (χ1) is 10.6. The van der Waals surface area contributed by atoms with Gasteiger partial charge in [0.2, 0.25) is 0 Å². The Morgan fingerprint density at radius 2 is 1.86 bits per heavy atom. The number of carbonyl (C=O) groups is 1. The Labute approximate surface area is 128 Å². The normalized spacial score (nSPS) is 10.4. The molecule has 0 bridgehead atoms. The van der Waals surface area contributed by atoms with Gasteiger partial charge in [0.05, 0.1) is 20.8 Å². The Bertz CT molecular complexity index is 632. The summed E-state index contributed by atoms with van der Waals surface area (Å²) < 4.78 is 15.3. The fourth-order valence-corrected chi connectivity index (χ4v) is 2.12. The fraction of sp³-hybridized carbons (Fsp3) is 0.400. The summed E-state index contributed by atoms with van der Waals surface area (Å²) in [6.45, 7) is 4.49. The maximum Gasteiger partial charge on any atom is 0.261 e. The van der Waals surface area contributed by atoms with Crippen LogP contribution in [0.4, 0.5) is 0 Å². The van der Waals surface area contributed by atoms with E-state index in [1.807, 2.05) is 6.92 Å². The van der Waals surface area contributed by atoms with Crippen molar-refractivity contribution >= 4 is 5.91 Å². The van der Waals surface area contributed by atoms with Crippen LogP contribution < -0.4 is 9.47 Å². The van der Waals surface area contributed by atoms with E-state index in [-0.39, 0.29) is 5.91 Å². The molecule has 7 heteroatoms. The van der Waals surface area contributed by atoms with Crippen LogP contribution in [0.2, 0.25) is 0 Å². The number of benzene rings is 1. The molecule has 0 N–H and O–H groups in total. The lowest BCUT2D eigenvalue weighted by Crippen LogP contribution is -2.31. The summed E-state index contributed by atoms with van der Waals surface area (Å²) in [5, 5.41) is 7.55. The van der Waals surface area contributed by atoms with E-state index in [2.05, 4.69) is 14.9 Å². The number of aryl methyl sites for hydroxylation is 1. The third-order valence-electron chi connectivity index (χ3n) is 3.40. The zero-order valence-corrected chi connectivity index (χ0v) is 13.1. The van der Waals surface area contributed by atoms with Crippen molar-refractivity contribution in [1.29, 1.82) is 0 Å². The molecular formula is C15H19N3O4. The number of methoxy groups -OCH3 is 2. The molecule has 0 unspecified atom stereocenters. The van der Waals surface area contributed by atoms with Gasteiger partial charge in [0, 0.05) is 6.54 Å². The molecule has 118 valence electrons. The highest BCUT2D eigenvalue weighted by atomic mass is 16.6. The van der Waals surface area contributed by atoms with Crippen LogP contribution in [-0.2, 0) is 6.54 Å². The van der Waals surface area contributed by atoms with Crippen molar-refractivity contribution in [3.05, 3.63) is 35.2 Å². The van der Waals surface area contributed by atoms with Crippen LogP contribution in [0.15, 0.2) is 22.8 Å². The topological polar surface area (TPSA) is 77.7 Å². The summed E-state index contributed by atoms with van der Waals surface area (Å²) in [6, 6.07) is 5.23. The quantitative estimate of drug-likeness (QED) is 0.813. The molecule has 0 radical (unpaired) electrons. The van der Waals surface area contributed by atoms with Gasteiger partial charge in [-0.05, 0) is 26.0 Å². The van der Waals surface area contributed by atoms with Gasteiger partial charge in [-0.15, -0.1) is 0 Å². The summed E-state index contributed by atoms with van der Waals surface area (Å²) in [4.78, 5) is 14.5. The largest absolute Gasteiger partial charge is 0.496 e. The molecule has 0 fully saturated rings. The van der Waals surface area contributed by atoms with Gasteiger partial charge in [-0.3, -0.25) is 4.79 Å². The van der Waals surface area contributed by atoms with Gasteiger partial charge in [0.25, 0.3) is 5.91 Å². The molecule has 1 heterocycles. The monoisotopic (exact) mass is 305 g/mol. The number of aromatic nitrogens is 2. The van der Waals surface area contributed by atoms with Crippen LogP contribution >= 0.6 is 0 Å². The lowest BCUT2D eigenvalue weighted by atomic mass is 10.1. The molecule has 1 aromatic heterocycles. The smallest absolute Gasteiger partial charge is 0.261 e. The number of carbonyl (C=O) groups excluding carboxylic acids is 1. The van der Waals surface area contributed by atoms with E-state index in [4.69, 9.17) is 9.47 Å². The number of hydrogen-bond donors (Lipinski definition) is 0. The Hall–Kier alpha value is -2.57. The van der Waals surface area contributed by atoms with E-state index in [9.17, 15) is 4.79 Å². The number of amides is 1. The first-order valence-corrected chi connectivity index (χ1v) is 6.90. The summed E-state index contributed by atoms with van der Waals surface area (Å²) >= 11 is 0. The average Bonchev–Trinajstić information content (AvgIpc) is 2.95. The first kappa shape index (κ1) is 15.8. The zero-order chi connectivity index (χ0) is 16.1. The summed E-state index contributed by atoms with van der Waals surface area (Å²) in [5.74, 6) is 0.745. The maximum absolute atomic E-state index is 12.9. The van der Waals surface area contributed by atoms with Gasteiger partial charge < -0.3 is 14.4 Å². The van der Waals surface area contributed by atoms with Crippen molar-refractivity contribution in [3.63, 3.8) is 0 Å². The molecule has 1 aromatic carbocycles.